The van der Waals surface area contributed by atoms with Gasteiger partial charge >= 0.3 is 5.97 Å². The Morgan fingerprint density at radius 2 is 0.753 bits per heavy atom. The van der Waals surface area contributed by atoms with Crippen LogP contribution < -0.4 is 99.9 Å². The molecular formula is C47H84N22O12. The van der Waals surface area contributed by atoms with Crippen molar-refractivity contribution in [1.82, 2.24) is 42.5 Å². The van der Waals surface area contributed by atoms with Gasteiger partial charge in [-0.1, -0.05) is 44.2 Å². The predicted molar refractivity (Wildman–Crippen MR) is 299 cm³/mol. The lowest BCUT2D eigenvalue weighted by Crippen LogP contribution is -2.61. The molecule has 31 N–H and O–H groups in total. The van der Waals surface area contributed by atoms with Gasteiger partial charge in [0.25, 0.3) is 0 Å². The second-order valence-corrected chi connectivity index (χ2v) is 19.0. The van der Waals surface area contributed by atoms with E-state index in [2.05, 4.69) is 62.5 Å². The van der Waals surface area contributed by atoms with Crippen LogP contribution in [0.3, 0.4) is 0 Å². The van der Waals surface area contributed by atoms with E-state index < -0.39 is 120 Å². The average molecular weight is 1150 g/mol. The Labute approximate surface area is 468 Å². The van der Waals surface area contributed by atoms with Gasteiger partial charge in [-0.3, -0.25) is 58.3 Å². The van der Waals surface area contributed by atoms with Crippen LogP contribution in [0.15, 0.2) is 50.3 Å². The van der Waals surface area contributed by atoms with Crippen molar-refractivity contribution in [2.75, 3.05) is 32.7 Å². The van der Waals surface area contributed by atoms with Crippen molar-refractivity contribution in [3.63, 3.8) is 0 Å². The van der Waals surface area contributed by atoms with Crippen LogP contribution in [0.2, 0.25) is 0 Å². The lowest BCUT2D eigenvalue weighted by atomic mass is 10.00. The summed E-state index contributed by atoms with van der Waals surface area (Å²) in [4.78, 5) is 139. The average Bonchev–Trinajstić information content (AvgIpc) is 3.37. The number of rotatable bonds is 37. The van der Waals surface area contributed by atoms with E-state index in [4.69, 9.17) is 57.3 Å². The highest BCUT2D eigenvalue weighted by Gasteiger charge is 2.36. The van der Waals surface area contributed by atoms with Crippen molar-refractivity contribution in [2.24, 2.45) is 83.2 Å². The zero-order valence-electron chi connectivity index (χ0n) is 45.9. The summed E-state index contributed by atoms with van der Waals surface area (Å²) in [6.07, 6.45) is -4.40. The zero-order chi connectivity index (χ0) is 61.5. The first-order valence-corrected chi connectivity index (χ1v) is 25.7. The summed E-state index contributed by atoms with van der Waals surface area (Å²) < 4.78 is 0. The van der Waals surface area contributed by atoms with Crippen LogP contribution in [0.4, 0.5) is 0 Å². The Morgan fingerprint density at radius 3 is 1.07 bits per heavy atom. The molecular weight excluding hydrogens is 1060 g/mol. The number of nitrogens with zero attached hydrogens (tertiary/aromatic N) is 4. The van der Waals surface area contributed by atoms with E-state index in [0.29, 0.717) is 5.56 Å². The monoisotopic (exact) mass is 1150 g/mol. The molecule has 0 saturated heterocycles. The van der Waals surface area contributed by atoms with Gasteiger partial charge in [0.05, 0.1) is 12.2 Å². The van der Waals surface area contributed by atoms with Gasteiger partial charge in [-0.2, -0.15) is 0 Å². The molecule has 0 radical (unpaired) electrons. The highest BCUT2D eigenvalue weighted by Crippen LogP contribution is 2.11. The van der Waals surface area contributed by atoms with E-state index in [-0.39, 0.29) is 107 Å². The number of hydrogen-bond acceptors (Lipinski definition) is 17. The number of aliphatic imine (C=N–C) groups is 4. The van der Waals surface area contributed by atoms with E-state index in [1.807, 2.05) is 0 Å². The van der Waals surface area contributed by atoms with Crippen molar-refractivity contribution < 1.29 is 58.5 Å². The molecule has 34 heteroatoms. The summed E-state index contributed by atoms with van der Waals surface area (Å²) in [6.45, 7) is 4.77. The maximum Gasteiger partial charge on any atom is 0.328 e. The van der Waals surface area contributed by atoms with Gasteiger partial charge in [0.15, 0.2) is 29.9 Å². The lowest BCUT2D eigenvalue weighted by molar-refractivity contribution is -0.145. The SMILES string of the molecule is CC(C)C[C@H](NC(=O)[C@@H](Cc1ccccc1)NC(=O)[C@H](CCN=C(N)N)NC(=O)[C@H](CCN)NC(=O)[C@H](CCN=C(N)N)NC(=O)[C@@H](N)[C@@H](C)O)C(=O)N[C@@H](CCN=C(N)N)C(=O)N[C@@H](CCN=C(N)N)C(=O)N[C@H](C(=O)O)[C@@H](C)O. The molecule has 81 heavy (non-hydrogen) atoms. The molecule has 0 fully saturated rings. The third kappa shape index (κ3) is 28.2. The number of amides is 8. The standard InChI is InChI=1S/C47H84N22O12/c1-22(2)20-31(40(77)65-27(11-16-58-44(50)51)36(73)64-30(14-19-61-47(56)57)39(76)69-34(24(4)71)43(80)81)67-41(78)32(21-25-8-6-5-7-9-25)68-38(75)28(12-17-59-45(52)53)63-35(72)26(10-15-48)62-37(74)29(13-18-60-46(54)55)66-42(79)33(49)23(3)70/h5-9,22-24,26-34,70-71H,10-21,48-49H2,1-4H3,(H,62,74)(H,63,72)(H,64,73)(H,65,77)(H,66,79)(H,67,78)(H,68,75)(H,69,76)(H,80,81)(H4,50,51,58)(H4,52,53,59)(H4,54,55,60)(H4,56,57,61)/t23-,24-,26+,27+,28+,29+,30+,31+,32-,33+,34+/m1/s1. The molecule has 1 aromatic rings. The third-order valence-electron chi connectivity index (χ3n) is 11.6. The number of carbonyl (C=O) groups is 9. The number of aliphatic carboxylic acids is 1. The molecule has 34 nitrogen and oxygen atoms in total. The zero-order valence-corrected chi connectivity index (χ0v) is 45.9. The second kappa shape index (κ2) is 36.5. The number of carboxylic acids is 1. The number of carbonyl (C=O) groups excluding carboxylic acids is 8. The van der Waals surface area contributed by atoms with Crippen molar-refractivity contribution in [2.45, 2.75) is 139 Å². The molecule has 1 rings (SSSR count). The summed E-state index contributed by atoms with van der Waals surface area (Å²) in [7, 11) is 0. The fourth-order valence-electron chi connectivity index (χ4n) is 7.33. The Hall–Kier alpha value is -8.63. The second-order valence-electron chi connectivity index (χ2n) is 19.0. The lowest BCUT2D eigenvalue weighted by Gasteiger charge is -2.28. The minimum absolute atomic E-state index is 0.0527. The number of guanidine groups is 4. The number of nitrogens with one attached hydrogen (secondary N) is 8. The van der Waals surface area contributed by atoms with Crippen LogP contribution in [0, 0.1) is 5.92 Å². The van der Waals surface area contributed by atoms with Crippen molar-refractivity contribution >= 4 is 77.1 Å². The molecule has 0 aromatic heterocycles. The van der Waals surface area contributed by atoms with Gasteiger partial charge in [0, 0.05) is 32.6 Å². The minimum Gasteiger partial charge on any atom is -0.480 e. The van der Waals surface area contributed by atoms with Crippen LogP contribution >= 0.6 is 0 Å². The van der Waals surface area contributed by atoms with E-state index in [9.17, 15) is 58.5 Å². The van der Waals surface area contributed by atoms with Gasteiger partial charge in [-0.25, -0.2) is 4.79 Å². The Bertz CT molecular complexity index is 2360. The molecule has 0 bridgehead atoms. The third-order valence-corrected chi connectivity index (χ3v) is 11.6. The topological polar surface area (TPSA) is 620 Å². The van der Waals surface area contributed by atoms with Gasteiger partial charge < -0.3 is 115 Å². The highest BCUT2D eigenvalue weighted by atomic mass is 16.4. The van der Waals surface area contributed by atoms with Crippen LogP contribution in [-0.2, 0) is 49.6 Å². The fourth-order valence-corrected chi connectivity index (χ4v) is 7.33. The molecule has 0 heterocycles. The van der Waals surface area contributed by atoms with Crippen molar-refractivity contribution in [3.8, 4) is 0 Å². The molecule has 0 aliphatic rings. The van der Waals surface area contributed by atoms with Gasteiger partial charge in [-0.05, 0) is 70.4 Å². The summed E-state index contributed by atoms with van der Waals surface area (Å²) in [5.74, 6) is -10.9. The summed E-state index contributed by atoms with van der Waals surface area (Å²) >= 11 is 0. The number of benzene rings is 1. The predicted octanol–water partition coefficient (Wildman–Crippen LogP) is -9.67. The van der Waals surface area contributed by atoms with Gasteiger partial charge in [0.1, 0.15) is 48.3 Å². The smallest absolute Gasteiger partial charge is 0.328 e. The summed E-state index contributed by atoms with van der Waals surface area (Å²) in [5, 5.41) is 49.4. The Balaban J connectivity index is 3.73. The normalized spacial score (nSPS) is 15.0. The molecule has 0 aliphatic carbocycles. The van der Waals surface area contributed by atoms with Crippen LogP contribution in [0.5, 0.6) is 0 Å². The van der Waals surface area contributed by atoms with Gasteiger partial charge in [0.2, 0.25) is 47.3 Å². The molecule has 0 spiro atoms. The minimum atomic E-state index is -1.80. The number of hydrogen-bond donors (Lipinski definition) is 21. The van der Waals surface area contributed by atoms with E-state index in [1.54, 1.807) is 44.2 Å². The Kier molecular flexibility index (Phi) is 31.7. The van der Waals surface area contributed by atoms with E-state index in [0.717, 1.165) is 6.92 Å². The highest BCUT2D eigenvalue weighted by molar-refractivity contribution is 5.98. The van der Waals surface area contributed by atoms with Crippen LogP contribution in [0.25, 0.3) is 0 Å². The molecule has 11 atom stereocenters. The van der Waals surface area contributed by atoms with E-state index >= 15 is 0 Å². The number of aliphatic hydroxyl groups is 2. The van der Waals surface area contributed by atoms with Crippen LogP contribution in [0.1, 0.15) is 71.8 Å². The van der Waals surface area contributed by atoms with Crippen molar-refractivity contribution in [3.05, 3.63) is 35.9 Å². The Morgan fingerprint density at radius 1 is 0.444 bits per heavy atom. The first-order valence-electron chi connectivity index (χ1n) is 25.7. The quantitative estimate of drug-likeness (QED) is 0.0217. The number of carboxylic acid groups (broad SMARTS) is 1. The first-order chi connectivity index (χ1) is 38.0. The van der Waals surface area contributed by atoms with E-state index in [1.165, 1.54) is 6.92 Å². The van der Waals surface area contributed by atoms with Crippen molar-refractivity contribution in [1.29, 1.82) is 0 Å². The molecule has 1 aromatic carbocycles. The summed E-state index contributed by atoms with van der Waals surface area (Å²) in [6, 6.07) is -5.27. The molecule has 0 saturated carbocycles. The maximum absolute atomic E-state index is 14.6. The molecule has 0 unspecified atom stereocenters. The largest absolute Gasteiger partial charge is 0.480 e. The van der Waals surface area contributed by atoms with Gasteiger partial charge in [-0.15, -0.1) is 0 Å². The maximum atomic E-state index is 14.6. The summed E-state index contributed by atoms with van der Waals surface area (Å²) in [5.41, 5.74) is 56.1. The number of aliphatic hydroxyl groups excluding tert-OH is 2. The van der Waals surface area contributed by atoms with Crippen LogP contribution in [-0.4, -0.2) is 192 Å². The molecule has 0 aliphatic heterocycles. The first kappa shape index (κ1) is 70.4. The fraction of sp³-hybridized carbons (Fsp3) is 0.596. The molecule has 8 amide bonds. The molecule has 454 valence electrons. The number of nitrogens with two attached hydrogens (primary N) is 10.